The molecule has 1 aromatic carbocycles. The van der Waals surface area contributed by atoms with E-state index in [0.717, 1.165) is 6.07 Å². The van der Waals surface area contributed by atoms with Crippen LogP contribution in [-0.2, 0) is 11.2 Å². The van der Waals surface area contributed by atoms with Crippen molar-refractivity contribution in [2.75, 3.05) is 0 Å². The number of rotatable bonds is 5. The minimum absolute atomic E-state index is 0.0399. The predicted octanol–water partition coefficient (Wildman–Crippen LogP) is 1.14. The SMILES string of the molecule is NC(=O)Cc1ccc(Oc2ncccc2C(N)=O)c(F)c1. The number of carbonyl (C=O) groups is 2. The van der Waals surface area contributed by atoms with Crippen LogP contribution in [0.1, 0.15) is 15.9 Å². The highest BCUT2D eigenvalue weighted by Crippen LogP contribution is 2.26. The van der Waals surface area contributed by atoms with Crippen molar-refractivity contribution >= 4 is 11.8 Å². The van der Waals surface area contributed by atoms with Gasteiger partial charge in [0, 0.05) is 6.20 Å². The molecule has 108 valence electrons. The molecule has 0 aliphatic rings. The van der Waals surface area contributed by atoms with Crippen LogP contribution in [0.5, 0.6) is 11.6 Å². The highest BCUT2D eigenvalue weighted by Gasteiger charge is 2.14. The van der Waals surface area contributed by atoms with E-state index in [1.54, 1.807) is 0 Å². The number of aromatic nitrogens is 1. The monoisotopic (exact) mass is 289 g/mol. The summed E-state index contributed by atoms with van der Waals surface area (Å²) in [6.07, 6.45) is 1.31. The molecule has 2 aromatic rings. The van der Waals surface area contributed by atoms with E-state index < -0.39 is 17.6 Å². The number of pyridine rings is 1. The second-order valence-electron chi connectivity index (χ2n) is 4.23. The highest BCUT2D eigenvalue weighted by molar-refractivity contribution is 5.95. The maximum absolute atomic E-state index is 13.9. The first kappa shape index (κ1) is 14.4. The molecule has 0 saturated carbocycles. The number of halogens is 1. The molecule has 7 heteroatoms. The van der Waals surface area contributed by atoms with Crippen molar-refractivity contribution in [2.45, 2.75) is 6.42 Å². The third-order valence-electron chi connectivity index (χ3n) is 2.62. The van der Waals surface area contributed by atoms with Gasteiger partial charge in [-0.05, 0) is 29.8 Å². The fourth-order valence-corrected chi connectivity index (χ4v) is 1.70. The first-order valence-electron chi connectivity index (χ1n) is 5.97. The lowest BCUT2D eigenvalue weighted by Gasteiger charge is -2.09. The zero-order valence-corrected chi connectivity index (χ0v) is 10.9. The fraction of sp³-hybridized carbons (Fsp3) is 0.0714. The Labute approximate surface area is 119 Å². The molecule has 0 fully saturated rings. The second-order valence-corrected chi connectivity index (χ2v) is 4.23. The minimum Gasteiger partial charge on any atom is -0.435 e. The minimum atomic E-state index is -0.733. The molecule has 0 radical (unpaired) electrons. The predicted molar refractivity (Wildman–Crippen MR) is 72.1 cm³/mol. The van der Waals surface area contributed by atoms with Crippen LogP contribution in [0.25, 0.3) is 0 Å². The van der Waals surface area contributed by atoms with Crippen molar-refractivity contribution in [1.29, 1.82) is 0 Å². The molecule has 0 aliphatic carbocycles. The van der Waals surface area contributed by atoms with Gasteiger partial charge in [0.05, 0.1) is 6.42 Å². The van der Waals surface area contributed by atoms with Crippen molar-refractivity contribution in [3.8, 4) is 11.6 Å². The molecule has 1 heterocycles. The van der Waals surface area contributed by atoms with Crippen molar-refractivity contribution in [3.05, 3.63) is 53.5 Å². The highest BCUT2D eigenvalue weighted by atomic mass is 19.1. The molecule has 0 aliphatic heterocycles. The molecule has 4 N–H and O–H groups in total. The van der Waals surface area contributed by atoms with Crippen LogP contribution in [0.4, 0.5) is 4.39 Å². The third-order valence-corrected chi connectivity index (χ3v) is 2.62. The summed E-state index contributed by atoms with van der Waals surface area (Å²) >= 11 is 0. The Kier molecular flexibility index (Phi) is 4.13. The molecule has 6 nitrogen and oxygen atoms in total. The number of ether oxygens (including phenoxy) is 1. The first-order valence-corrected chi connectivity index (χ1v) is 5.97. The molecule has 0 bridgehead atoms. The number of carbonyl (C=O) groups excluding carboxylic acids is 2. The average molecular weight is 289 g/mol. The summed E-state index contributed by atoms with van der Waals surface area (Å²) in [5, 5.41) is 0. The largest absolute Gasteiger partial charge is 0.435 e. The topological polar surface area (TPSA) is 108 Å². The van der Waals surface area contributed by atoms with Crippen molar-refractivity contribution < 1.29 is 18.7 Å². The van der Waals surface area contributed by atoms with E-state index in [-0.39, 0.29) is 23.6 Å². The summed E-state index contributed by atoms with van der Waals surface area (Å²) in [7, 11) is 0. The molecule has 0 unspecified atom stereocenters. The molecule has 0 saturated heterocycles. The number of primary amides is 2. The van der Waals surface area contributed by atoms with Gasteiger partial charge in [0.15, 0.2) is 11.6 Å². The summed E-state index contributed by atoms with van der Waals surface area (Å²) < 4.78 is 19.2. The van der Waals surface area contributed by atoms with Gasteiger partial charge >= 0.3 is 0 Å². The smallest absolute Gasteiger partial charge is 0.254 e. The lowest BCUT2D eigenvalue weighted by atomic mass is 10.1. The Balaban J connectivity index is 2.28. The maximum Gasteiger partial charge on any atom is 0.254 e. The summed E-state index contributed by atoms with van der Waals surface area (Å²) in [5.74, 6) is -2.22. The van der Waals surface area contributed by atoms with E-state index in [4.69, 9.17) is 16.2 Å². The first-order chi connectivity index (χ1) is 9.97. The van der Waals surface area contributed by atoms with Crippen molar-refractivity contribution in [1.82, 2.24) is 4.98 Å². The number of hydrogen-bond donors (Lipinski definition) is 2. The molecule has 21 heavy (non-hydrogen) atoms. The normalized spacial score (nSPS) is 10.1. The van der Waals surface area contributed by atoms with E-state index in [9.17, 15) is 14.0 Å². The second kappa shape index (κ2) is 6.00. The lowest BCUT2D eigenvalue weighted by Crippen LogP contribution is -2.14. The molecule has 1 aromatic heterocycles. The number of nitrogens with two attached hydrogens (primary N) is 2. The van der Waals surface area contributed by atoms with E-state index in [1.807, 2.05) is 0 Å². The van der Waals surface area contributed by atoms with Gasteiger partial charge in [-0.15, -0.1) is 0 Å². The maximum atomic E-state index is 13.9. The van der Waals surface area contributed by atoms with Crippen LogP contribution in [0.15, 0.2) is 36.5 Å². The van der Waals surface area contributed by atoms with Gasteiger partial charge < -0.3 is 16.2 Å². The number of amides is 2. The quantitative estimate of drug-likeness (QED) is 0.860. The molecule has 2 amide bonds. The van der Waals surface area contributed by atoms with Crippen molar-refractivity contribution in [2.24, 2.45) is 11.5 Å². The van der Waals surface area contributed by atoms with Gasteiger partial charge in [0.1, 0.15) is 5.56 Å². The Morgan fingerprint density at radius 3 is 2.62 bits per heavy atom. The van der Waals surface area contributed by atoms with Gasteiger partial charge in [0.2, 0.25) is 11.8 Å². The molecular weight excluding hydrogens is 277 g/mol. The Bertz CT molecular complexity index is 704. The summed E-state index contributed by atoms with van der Waals surface area (Å²) in [6, 6.07) is 6.89. The van der Waals surface area contributed by atoms with Gasteiger partial charge in [0.25, 0.3) is 5.91 Å². The fourth-order valence-electron chi connectivity index (χ4n) is 1.70. The number of hydrogen-bond acceptors (Lipinski definition) is 4. The zero-order chi connectivity index (χ0) is 15.4. The van der Waals surface area contributed by atoms with E-state index in [2.05, 4.69) is 4.98 Å². The Morgan fingerprint density at radius 2 is 2.00 bits per heavy atom. The summed E-state index contributed by atoms with van der Waals surface area (Å²) in [6.45, 7) is 0. The van der Waals surface area contributed by atoms with Crippen LogP contribution < -0.4 is 16.2 Å². The van der Waals surface area contributed by atoms with Gasteiger partial charge in [-0.3, -0.25) is 9.59 Å². The zero-order valence-electron chi connectivity index (χ0n) is 10.9. The van der Waals surface area contributed by atoms with E-state index in [0.29, 0.717) is 5.56 Å². The van der Waals surface area contributed by atoms with E-state index in [1.165, 1.54) is 30.5 Å². The summed E-state index contributed by atoms with van der Waals surface area (Å²) in [4.78, 5) is 25.9. The molecule has 0 atom stereocenters. The van der Waals surface area contributed by atoms with Crippen LogP contribution in [0, 0.1) is 5.82 Å². The Hall–Kier alpha value is -2.96. The van der Waals surface area contributed by atoms with Crippen LogP contribution in [-0.4, -0.2) is 16.8 Å². The van der Waals surface area contributed by atoms with E-state index >= 15 is 0 Å². The van der Waals surface area contributed by atoms with Crippen molar-refractivity contribution in [3.63, 3.8) is 0 Å². The van der Waals surface area contributed by atoms with Gasteiger partial charge in [-0.2, -0.15) is 0 Å². The van der Waals surface area contributed by atoms with Crippen LogP contribution in [0.3, 0.4) is 0 Å². The standard InChI is InChI=1S/C14H12FN3O3/c15-10-6-8(7-12(16)19)3-4-11(10)21-14-9(13(17)20)2-1-5-18-14/h1-6H,7H2,(H2,16,19)(H2,17,20). The molecular formula is C14H12FN3O3. The molecule has 0 spiro atoms. The third kappa shape index (κ3) is 3.53. The summed E-state index contributed by atoms with van der Waals surface area (Å²) in [5.41, 5.74) is 10.7. The number of nitrogens with zero attached hydrogens (tertiary/aromatic N) is 1. The number of benzene rings is 1. The van der Waals surface area contributed by atoms with Gasteiger partial charge in [-0.1, -0.05) is 6.07 Å². The average Bonchev–Trinajstić information content (AvgIpc) is 2.41. The van der Waals surface area contributed by atoms with Crippen LogP contribution in [0.2, 0.25) is 0 Å². The lowest BCUT2D eigenvalue weighted by molar-refractivity contribution is -0.117. The Morgan fingerprint density at radius 1 is 1.24 bits per heavy atom. The van der Waals surface area contributed by atoms with Gasteiger partial charge in [-0.25, -0.2) is 9.37 Å². The molecule has 2 rings (SSSR count). The van der Waals surface area contributed by atoms with Crippen LogP contribution >= 0.6 is 0 Å².